The van der Waals surface area contributed by atoms with Crippen LogP contribution >= 0.6 is 0 Å². The van der Waals surface area contributed by atoms with Crippen LogP contribution in [0.3, 0.4) is 0 Å². The van der Waals surface area contributed by atoms with E-state index in [1.165, 1.54) is 5.69 Å². The van der Waals surface area contributed by atoms with Crippen LogP contribution in [0.25, 0.3) is 0 Å². The third-order valence-corrected chi connectivity index (χ3v) is 3.45. The number of pyridine rings is 1. The molecule has 2 rings (SSSR count). The number of rotatable bonds is 7. The summed E-state index contributed by atoms with van der Waals surface area (Å²) in [6.07, 6.45) is 4.44. The van der Waals surface area contributed by atoms with Crippen molar-refractivity contribution in [1.82, 2.24) is 20.2 Å². The first-order valence-corrected chi connectivity index (χ1v) is 7.18. The first kappa shape index (κ1) is 14.7. The van der Waals surface area contributed by atoms with E-state index in [4.69, 9.17) is 5.84 Å². The number of nitrogens with zero attached hydrogens (tertiary/aromatic N) is 3. The number of hydrazine groups is 1. The molecule has 2 aromatic heterocycles. The van der Waals surface area contributed by atoms with Gasteiger partial charge in [0.15, 0.2) is 0 Å². The van der Waals surface area contributed by atoms with Gasteiger partial charge in [0, 0.05) is 43.0 Å². The summed E-state index contributed by atoms with van der Waals surface area (Å²) in [5.74, 6) is 5.69. The van der Waals surface area contributed by atoms with Gasteiger partial charge >= 0.3 is 0 Å². The van der Waals surface area contributed by atoms with Gasteiger partial charge in [-0.1, -0.05) is 13.0 Å². The molecule has 0 saturated carbocycles. The van der Waals surface area contributed by atoms with E-state index >= 15 is 0 Å². The van der Waals surface area contributed by atoms with Crippen LogP contribution in [0.1, 0.15) is 30.9 Å². The summed E-state index contributed by atoms with van der Waals surface area (Å²) >= 11 is 0. The summed E-state index contributed by atoms with van der Waals surface area (Å²) in [4.78, 5) is 4.35. The van der Waals surface area contributed by atoms with Crippen LogP contribution in [-0.4, -0.2) is 20.8 Å². The van der Waals surface area contributed by atoms with Gasteiger partial charge in [-0.25, -0.2) is 0 Å². The zero-order valence-electron chi connectivity index (χ0n) is 12.2. The zero-order valence-corrected chi connectivity index (χ0v) is 12.2. The molecule has 0 fully saturated rings. The van der Waals surface area contributed by atoms with E-state index in [9.17, 15) is 0 Å². The molecule has 1 atom stereocenters. The van der Waals surface area contributed by atoms with Crippen LogP contribution in [0.5, 0.6) is 0 Å². The van der Waals surface area contributed by atoms with Gasteiger partial charge in [0.2, 0.25) is 0 Å². The normalized spacial score (nSPS) is 12.6. The zero-order chi connectivity index (χ0) is 14.4. The van der Waals surface area contributed by atoms with Crippen molar-refractivity contribution in [3.63, 3.8) is 0 Å². The highest BCUT2D eigenvalue weighted by molar-refractivity contribution is 5.13. The molecule has 5 nitrogen and oxygen atoms in total. The molecule has 0 saturated heterocycles. The predicted molar refractivity (Wildman–Crippen MR) is 80.0 cm³/mol. The van der Waals surface area contributed by atoms with Gasteiger partial charge < -0.3 is 0 Å². The molecular weight excluding hydrogens is 250 g/mol. The Kier molecular flexibility index (Phi) is 5.26. The largest absolute Gasteiger partial charge is 0.271 e. The number of hydrogen-bond donors (Lipinski definition) is 2. The summed E-state index contributed by atoms with van der Waals surface area (Å²) in [7, 11) is 0. The molecule has 0 aliphatic heterocycles. The third-order valence-electron chi connectivity index (χ3n) is 3.45. The molecule has 108 valence electrons. The number of nitrogens with two attached hydrogens (primary N) is 1. The summed E-state index contributed by atoms with van der Waals surface area (Å²) in [6, 6.07) is 8.29. The van der Waals surface area contributed by atoms with Crippen LogP contribution in [-0.2, 0) is 25.8 Å². The Bertz CT molecular complexity index is 520. The first-order valence-electron chi connectivity index (χ1n) is 7.18. The minimum Gasteiger partial charge on any atom is -0.271 e. The Morgan fingerprint density at radius 3 is 2.70 bits per heavy atom. The SMILES string of the molecule is CCc1cc(CC(Cc2ccccn2)NN)n(CC)n1. The molecule has 20 heavy (non-hydrogen) atoms. The first-order chi connectivity index (χ1) is 9.76. The van der Waals surface area contributed by atoms with Gasteiger partial charge in [-0.15, -0.1) is 0 Å². The maximum Gasteiger partial charge on any atom is 0.0624 e. The molecule has 2 heterocycles. The van der Waals surface area contributed by atoms with Crippen molar-refractivity contribution in [2.75, 3.05) is 0 Å². The second-order valence-corrected chi connectivity index (χ2v) is 4.89. The Balaban J connectivity index is 2.08. The van der Waals surface area contributed by atoms with E-state index in [0.717, 1.165) is 37.2 Å². The lowest BCUT2D eigenvalue weighted by molar-refractivity contribution is 0.492. The van der Waals surface area contributed by atoms with E-state index in [1.807, 2.05) is 24.4 Å². The maximum absolute atomic E-state index is 5.69. The number of aryl methyl sites for hydroxylation is 2. The van der Waals surface area contributed by atoms with Gasteiger partial charge in [-0.2, -0.15) is 5.10 Å². The molecule has 0 bridgehead atoms. The Hall–Kier alpha value is -1.72. The molecule has 0 aliphatic rings. The molecule has 5 heteroatoms. The lowest BCUT2D eigenvalue weighted by Gasteiger charge is -2.16. The van der Waals surface area contributed by atoms with Crippen LogP contribution in [0, 0.1) is 0 Å². The topological polar surface area (TPSA) is 68.8 Å². The summed E-state index contributed by atoms with van der Waals surface area (Å²) in [5.41, 5.74) is 6.31. The van der Waals surface area contributed by atoms with Crippen molar-refractivity contribution >= 4 is 0 Å². The lowest BCUT2D eigenvalue weighted by Crippen LogP contribution is -2.39. The summed E-state index contributed by atoms with van der Waals surface area (Å²) in [6.45, 7) is 5.12. The Morgan fingerprint density at radius 1 is 1.25 bits per heavy atom. The third kappa shape index (κ3) is 3.65. The highest BCUT2D eigenvalue weighted by atomic mass is 15.3. The average Bonchev–Trinajstić information content (AvgIpc) is 2.89. The number of hydrogen-bond acceptors (Lipinski definition) is 4. The summed E-state index contributed by atoms with van der Waals surface area (Å²) < 4.78 is 2.06. The lowest BCUT2D eigenvalue weighted by atomic mass is 10.1. The van der Waals surface area contributed by atoms with E-state index in [1.54, 1.807) is 0 Å². The minimum absolute atomic E-state index is 0.164. The Labute approximate surface area is 120 Å². The van der Waals surface area contributed by atoms with Gasteiger partial charge in [0.25, 0.3) is 0 Å². The molecule has 0 aliphatic carbocycles. The fraction of sp³-hybridized carbons (Fsp3) is 0.467. The van der Waals surface area contributed by atoms with E-state index in [-0.39, 0.29) is 6.04 Å². The van der Waals surface area contributed by atoms with Crippen molar-refractivity contribution in [2.24, 2.45) is 5.84 Å². The molecule has 0 radical (unpaired) electrons. The standard InChI is InChI=1S/C15H23N5/c1-3-12-10-15(20(4-2)19-12)11-14(18-16)9-13-7-5-6-8-17-13/h5-8,10,14,18H,3-4,9,11,16H2,1-2H3. The van der Waals surface area contributed by atoms with Crippen LogP contribution < -0.4 is 11.3 Å². The summed E-state index contributed by atoms with van der Waals surface area (Å²) in [5, 5.41) is 4.57. The highest BCUT2D eigenvalue weighted by Gasteiger charge is 2.14. The molecule has 0 spiro atoms. The van der Waals surface area contributed by atoms with Crippen LogP contribution in [0.4, 0.5) is 0 Å². The quantitative estimate of drug-likeness (QED) is 0.592. The highest BCUT2D eigenvalue weighted by Crippen LogP contribution is 2.10. The van der Waals surface area contributed by atoms with E-state index < -0.39 is 0 Å². The molecule has 0 aromatic carbocycles. The van der Waals surface area contributed by atoms with E-state index in [0.29, 0.717) is 0 Å². The maximum atomic E-state index is 5.69. The van der Waals surface area contributed by atoms with Crippen molar-refractivity contribution < 1.29 is 0 Å². The molecule has 3 N–H and O–H groups in total. The fourth-order valence-electron chi connectivity index (χ4n) is 2.34. The molecule has 0 amide bonds. The van der Waals surface area contributed by atoms with Gasteiger partial charge in [0.1, 0.15) is 0 Å². The van der Waals surface area contributed by atoms with Gasteiger partial charge in [-0.05, 0) is 31.5 Å². The van der Waals surface area contributed by atoms with Crippen LogP contribution in [0.2, 0.25) is 0 Å². The Morgan fingerprint density at radius 2 is 2.10 bits per heavy atom. The average molecular weight is 273 g/mol. The monoisotopic (exact) mass is 273 g/mol. The van der Waals surface area contributed by atoms with Crippen LogP contribution in [0.15, 0.2) is 30.5 Å². The number of aromatic nitrogens is 3. The van der Waals surface area contributed by atoms with Gasteiger partial charge in [0.05, 0.1) is 5.69 Å². The number of nitrogens with one attached hydrogen (secondary N) is 1. The van der Waals surface area contributed by atoms with Crippen molar-refractivity contribution in [3.05, 3.63) is 47.5 Å². The van der Waals surface area contributed by atoms with Crippen molar-refractivity contribution in [1.29, 1.82) is 0 Å². The fourth-order valence-corrected chi connectivity index (χ4v) is 2.34. The molecule has 1 unspecified atom stereocenters. The molecule has 2 aromatic rings. The van der Waals surface area contributed by atoms with Crippen molar-refractivity contribution in [2.45, 2.75) is 45.7 Å². The minimum atomic E-state index is 0.164. The van der Waals surface area contributed by atoms with Gasteiger partial charge in [-0.3, -0.25) is 20.9 Å². The van der Waals surface area contributed by atoms with Crippen molar-refractivity contribution in [3.8, 4) is 0 Å². The van der Waals surface area contributed by atoms with E-state index in [2.05, 4.69) is 40.1 Å². The smallest absolute Gasteiger partial charge is 0.0624 e. The predicted octanol–water partition coefficient (Wildman–Crippen LogP) is 1.48. The molecular formula is C15H23N5. The second kappa shape index (κ2) is 7.17. The second-order valence-electron chi connectivity index (χ2n) is 4.89.